The molecule has 0 saturated heterocycles. The quantitative estimate of drug-likeness (QED) is 0.292. The van der Waals surface area contributed by atoms with Crippen molar-refractivity contribution in [3.63, 3.8) is 0 Å². The van der Waals surface area contributed by atoms with Crippen LogP contribution in [0, 0.1) is 0 Å². The van der Waals surface area contributed by atoms with Crippen LogP contribution in [0.5, 0.6) is 0 Å². The van der Waals surface area contributed by atoms with Crippen molar-refractivity contribution in [2.24, 2.45) is 0 Å². The van der Waals surface area contributed by atoms with Crippen LogP contribution in [0.1, 0.15) is 39.5 Å². The van der Waals surface area contributed by atoms with Crippen LogP contribution in [0.3, 0.4) is 0 Å². The number of hydrogen-bond acceptors (Lipinski definition) is 6. The van der Waals surface area contributed by atoms with Crippen molar-refractivity contribution < 1.29 is 71.5 Å². The highest BCUT2D eigenvalue weighted by Crippen LogP contribution is 2.47. The van der Waals surface area contributed by atoms with Crippen molar-refractivity contribution >= 4 is 22.1 Å². The second-order valence-corrected chi connectivity index (χ2v) is 7.89. The summed E-state index contributed by atoms with van der Waals surface area (Å²) in [4.78, 5) is 23.0. The molecule has 0 aromatic heterocycles. The van der Waals surface area contributed by atoms with Crippen LogP contribution in [-0.2, 0) is 29.2 Å². The van der Waals surface area contributed by atoms with Crippen LogP contribution in [0.4, 0.5) is 39.5 Å². The molecule has 0 aliphatic rings. The van der Waals surface area contributed by atoms with Gasteiger partial charge in [-0.1, -0.05) is 6.92 Å². The molecule has 0 bridgehead atoms. The Kier molecular flexibility index (Phi) is 8.84. The highest BCUT2D eigenvalue weighted by atomic mass is 32.2. The number of alkyl halides is 9. The Bertz CT molecular complexity index is 742. The first-order chi connectivity index (χ1) is 13.5. The first-order valence-electron chi connectivity index (χ1n) is 8.10. The molecule has 184 valence electrons. The third kappa shape index (κ3) is 7.69. The Morgan fingerprint density at radius 2 is 1.19 bits per heavy atom. The number of carbonyl (C=O) groups is 2. The maximum atomic E-state index is 13.0. The molecular formula is C14H17F9O7S. The van der Waals surface area contributed by atoms with E-state index in [2.05, 4.69) is 9.47 Å². The molecule has 1 unspecified atom stereocenters. The predicted molar refractivity (Wildman–Crippen MR) is 82.0 cm³/mol. The minimum atomic E-state index is -6.52. The van der Waals surface area contributed by atoms with Crippen molar-refractivity contribution in [3.8, 4) is 0 Å². The van der Waals surface area contributed by atoms with Crippen molar-refractivity contribution in [1.29, 1.82) is 0 Å². The average molecular weight is 500 g/mol. The van der Waals surface area contributed by atoms with Gasteiger partial charge in [-0.2, -0.15) is 47.9 Å². The minimum absolute atomic E-state index is 0.523. The Morgan fingerprint density at radius 1 is 0.806 bits per heavy atom. The number of halogens is 9. The van der Waals surface area contributed by atoms with E-state index in [-0.39, 0.29) is 0 Å². The molecule has 0 spiro atoms. The van der Waals surface area contributed by atoms with Crippen LogP contribution < -0.4 is 0 Å². The number of rotatable bonds is 9. The van der Waals surface area contributed by atoms with E-state index < -0.39 is 83.2 Å². The third-order valence-electron chi connectivity index (χ3n) is 3.96. The first-order valence-corrected chi connectivity index (χ1v) is 9.71. The van der Waals surface area contributed by atoms with Crippen LogP contribution in [0.25, 0.3) is 0 Å². The summed E-state index contributed by atoms with van der Waals surface area (Å²) in [5, 5.41) is 0. The summed E-state index contributed by atoms with van der Waals surface area (Å²) in [6, 6.07) is 0. The summed E-state index contributed by atoms with van der Waals surface area (Å²) >= 11 is 0. The van der Waals surface area contributed by atoms with E-state index in [1.165, 1.54) is 0 Å². The van der Waals surface area contributed by atoms with Gasteiger partial charge in [0.25, 0.3) is 10.1 Å². The smallest absolute Gasteiger partial charge is 0.438 e. The minimum Gasteiger partial charge on any atom is -0.450 e. The van der Waals surface area contributed by atoms with E-state index in [4.69, 9.17) is 4.55 Å². The van der Waals surface area contributed by atoms with Crippen LogP contribution in [-0.4, -0.2) is 60.4 Å². The Hall–Kier alpha value is -1.78. The molecule has 1 N–H and O–H groups in total. The zero-order valence-electron chi connectivity index (χ0n) is 15.7. The fraction of sp³-hybridized carbons (Fsp3) is 0.857. The second-order valence-electron chi connectivity index (χ2n) is 6.43. The van der Waals surface area contributed by atoms with Crippen molar-refractivity contribution in [3.05, 3.63) is 0 Å². The SMILES string of the molecule is CCC(C)(OC(=O)CCCC(=O)OC(CS(=O)(=O)O)(C(F)(F)F)C(F)(F)F)C(F)(F)F. The fourth-order valence-electron chi connectivity index (χ4n) is 1.98. The molecule has 0 aromatic carbocycles. The van der Waals surface area contributed by atoms with Crippen LogP contribution in [0.2, 0.25) is 0 Å². The van der Waals surface area contributed by atoms with Gasteiger partial charge < -0.3 is 9.47 Å². The molecule has 0 aliphatic carbocycles. The molecule has 0 rings (SSSR count). The molecule has 0 aromatic rings. The van der Waals surface area contributed by atoms with E-state index in [0.29, 0.717) is 6.92 Å². The number of esters is 2. The van der Waals surface area contributed by atoms with Gasteiger partial charge in [0.15, 0.2) is 0 Å². The highest BCUT2D eigenvalue weighted by molar-refractivity contribution is 7.85. The van der Waals surface area contributed by atoms with Gasteiger partial charge in [0.05, 0.1) is 0 Å². The summed E-state index contributed by atoms with van der Waals surface area (Å²) in [7, 11) is -5.96. The van der Waals surface area contributed by atoms with Gasteiger partial charge in [0.1, 0.15) is 5.75 Å². The molecule has 0 radical (unpaired) electrons. The monoisotopic (exact) mass is 500 g/mol. The zero-order chi connectivity index (χ0) is 25.1. The second kappa shape index (κ2) is 9.38. The molecule has 1 atom stereocenters. The molecule has 0 heterocycles. The highest BCUT2D eigenvalue weighted by Gasteiger charge is 2.75. The molecule has 31 heavy (non-hydrogen) atoms. The lowest BCUT2D eigenvalue weighted by Gasteiger charge is -2.35. The van der Waals surface area contributed by atoms with Gasteiger partial charge in [0, 0.05) is 12.8 Å². The van der Waals surface area contributed by atoms with Crippen LogP contribution in [0.15, 0.2) is 0 Å². The number of hydrogen-bond donors (Lipinski definition) is 1. The summed E-state index contributed by atoms with van der Waals surface area (Å²) in [6.07, 6.45) is -22.0. The van der Waals surface area contributed by atoms with Gasteiger partial charge >= 0.3 is 36.1 Å². The third-order valence-corrected chi connectivity index (χ3v) is 4.74. The van der Waals surface area contributed by atoms with E-state index in [1.54, 1.807) is 0 Å². The Balaban J connectivity index is 5.33. The summed E-state index contributed by atoms with van der Waals surface area (Å²) in [5.41, 5.74) is -8.52. The lowest BCUT2D eigenvalue weighted by Crippen LogP contribution is -2.63. The standard InChI is InChI=1S/C14H17F9O7S/c1-3-10(2,12(15,16)17)29-8(24)5-4-6-9(25)30-11(13(18,19)20,14(21,22)23)7-31(26,27)28/h3-7H2,1-2H3,(H,26,27,28). The van der Waals surface area contributed by atoms with E-state index in [9.17, 15) is 57.5 Å². The van der Waals surface area contributed by atoms with Gasteiger partial charge in [-0.15, -0.1) is 0 Å². The summed E-state index contributed by atoms with van der Waals surface area (Å²) in [5.74, 6) is -6.91. The molecule has 17 heteroatoms. The number of carbonyl (C=O) groups excluding carboxylic acids is 2. The summed E-state index contributed by atoms with van der Waals surface area (Å²) < 4.78 is 154. The molecule has 0 amide bonds. The lowest BCUT2D eigenvalue weighted by molar-refractivity contribution is -0.361. The van der Waals surface area contributed by atoms with E-state index in [1.807, 2.05) is 0 Å². The average Bonchev–Trinajstić information content (AvgIpc) is 2.49. The van der Waals surface area contributed by atoms with Crippen molar-refractivity contribution in [1.82, 2.24) is 0 Å². The van der Waals surface area contributed by atoms with Gasteiger partial charge in [-0.05, 0) is 19.8 Å². The maximum absolute atomic E-state index is 13.0. The molecule has 0 fully saturated rings. The normalized spacial score (nSPS) is 15.9. The zero-order valence-corrected chi connectivity index (χ0v) is 16.6. The van der Waals surface area contributed by atoms with Gasteiger partial charge in [-0.3, -0.25) is 14.1 Å². The van der Waals surface area contributed by atoms with Gasteiger partial charge in [0.2, 0.25) is 5.60 Å². The van der Waals surface area contributed by atoms with Crippen LogP contribution >= 0.6 is 0 Å². The van der Waals surface area contributed by atoms with Crippen molar-refractivity contribution in [2.75, 3.05) is 5.75 Å². The first kappa shape index (κ1) is 29.2. The maximum Gasteiger partial charge on any atom is 0.438 e. The van der Waals surface area contributed by atoms with E-state index in [0.717, 1.165) is 6.92 Å². The molecule has 7 nitrogen and oxygen atoms in total. The molecular weight excluding hydrogens is 483 g/mol. The summed E-state index contributed by atoms with van der Waals surface area (Å²) in [6.45, 7) is 1.55. The Morgan fingerprint density at radius 3 is 1.48 bits per heavy atom. The van der Waals surface area contributed by atoms with Crippen molar-refractivity contribution in [2.45, 2.75) is 69.3 Å². The Labute approximate surface area is 169 Å². The lowest BCUT2D eigenvalue weighted by atomic mass is 10.0. The molecule has 0 aliphatic heterocycles. The van der Waals surface area contributed by atoms with Gasteiger partial charge in [-0.25, -0.2) is 0 Å². The molecule has 0 saturated carbocycles. The topological polar surface area (TPSA) is 107 Å². The van der Waals surface area contributed by atoms with E-state index >= 15 is 0 Å². The largest absolute Gasteiger partial charge is 0.450 e. The fourth-order valence-corrected chi connectivity index (χ4v) is 2.88. The number of ether oxygens (including phenoxy) is 2. The predicted octanol–water partition coefficient (Wildman–Crippen LogP) is 3.73.